The molecular weight excluding hydrogens is 378 g/mol. The second-order valence-corrected chi connectivity index (χ2v) is 9.95. The first-order valence-corrected chi connectivity index (χ1v) is 11.8. The van der Waals surface area contributed by atoms with Gasteiger partial charge in [0.25, 0.3) is 0 Å². The fraction of sp³-hybridized carbons (Fsp3) is 0.720. The fourth-order valence-corrected chi connectivity index (χ4v) is 6.69. The molecule has 1 N–H and O–H groups in total. The highest BCUT2D eigenvalue weighted by molar-refractivity contribution is 5.83. The Morgan fingerprint density at radius 1 is 1.27 bits per heavy atom. The number of phenols is 1. The van der Waals surface area contributed by atoms with Crippen molar-refractivity contribution in [1.82, 2.24) is 4.90 Å². The Kier molecular flexibility index (Phi) is 5.10. The first kappa shape index (κ1) is 20.3. The van der Waals surface area contributed by atoms with E-state index in [0.717, 1.165) is 56.7 Å². The van der Waals surface area contributed by atoms with Gasteiger partial charge in [0.15, 0.2) is 11.5 Å². The highest BCUT2D eigenvalue weighted by atomic mass is 16.5. The van der Waals surface area contributed by atoms with Crippen molar-refractivity contribution < 1.29 is 19.4 Å². The monoisotopic (exact) mass is 413 g/mol. The number of hydrogen-bond acceptors (Lipinski definition) is 5. The zero-order chi connectivity index (χ0) is 20.9. The van der Waals surface area contributed by atoms with Crippen LogP contribution in [0.25, 0.3) is 0 Å². The van der Waals surface area contributed by atoms with Crippen LogP contribution in [0.3, 0.4) is 0 Å². The predicted octanol–water partition coefficient (Wildman–Crippen LogP) is 3.99. The maximum absolute atomic E-state index is 12.8. The third-order valence-corrected chi connectivity index (χ3v) is 8.30. The molecule has 0 unspecified atom stereocenters. The predicted molar refractivity (Wildman–Crippen MR) is 115 cm³/mol. The Morgan fingerprint density at radius 3 is 2.83 bits per heavy atom. The van der Waals surface area contributed by atoms with Crippen LogP contribution in [0, 0.1) is 5.92 Å². The summed E-state index contributed by atoms with van der Waals surface area (Å²) in [6.07, 6.45) is 8.30. The smallest absolute Gasteiger partial charge is 0.165 e. The molecule has 164 valence electrons. The number of hydrogen-bond donors (Lipinski definition) is 1. The summed E-state index contributed by atoms with van der Waals surface area (Å²) in [5.41, 5.74) is 1.50. The van der Waals surface area contributed by atoms with Crippen molar-refractivity contribution in [2.45, 2.75) is 81.8 Å². The van der Waals surface area contributed by atoms with Crippen LogP contribution in [-0.2, 0) is 21.4 Å². The van der Waals surface area contributed by atoms with Crippen molar-refractivity contribution >= 4 is 5.78 Å². The van der Waals surface area contributed by atoms with E-state index >= 15 is 0 Å². The lowest BCUT2D eigenvalue weighted by Crippen LogP contribution is -2.74. The van der Waals surface area contributed by atoms with Crippen LogP contribution < -0.4 is 4.74 Å². The van der Waals surface area contributed by atoms with Gasteiger partial charge >= 0.3 is 0 Å². The lowest BCUT2D eigenvalue weighted by atomic mass is 9.49. The minimum atomic E-state index is -0.407. The fourth-order valence-electron chi connectivity index (χ4n) is 6.69. The van der Waals surface area contributed by atoms with Gasteiger partial charge in [-0.1, -0.05) is 19.4 Å². The van der Waals surface area contributed by atoms with E-state index in [9.17, 15) is 9.90 Å². The molecule has 1 aliphatic heterocycles. The maximum Gasteiger partial charge on any atom is 0.165 e. The molecule has 2 saturated carbocycles. The van der Waals surface area contributed by atoms with Crippen LogP contribution in [0.4, 0.5) is 0 Å². The van der Waals surface area contributed by atoms with Crippen molar-refractivity contribution in [2.75, 3.05) is 26.8 Å². The molecule has 0 spiro atoms. The van der Waals surface area contributed by atoms with Crippen molar-refractivity contribution in [2.24, 2.45) is 5.92 Å². The summed E-state index contributed by atoms with van der Waals surface area (Å²) in [5, 5.41) is 10.8. The summed E-state index contributed by atoms with van der Waals surface area (Å²) in [6, 6.07) is 4.12. The van der Waals surface area contributed by atoms with E-state index in [0.29, 0.717) is 31.0 Å². The van der Waals surface area contributed by atoms with Crippen molar-refractivity contribution in [3.8, 4) is 11.5 Å². The number of unbranched alkanes of at least 4 members (excludes halogenated alkanes) is 1. The molecule has 1 saturated heterocycles. The zero-order valence-electron chi connectivity index (χ0n) is 18.4. The summed E-state index contributed by atoms with van der Waals surface area (Å²) in [6.45, 7) is 4.86. The second kappa shape index (κ2) is 7.52. The molecule has 3 atom stereocenters. The Morgan fingerprint density at radius 2 is 2.10 bits per heavy atom. The molecule has 3 aliphatic carbocycles. The summed E-state index contributed by atoms with van der Waals surface area (Å²) in [4.78, 5) is 15.5. The van der Waals surface area contributed by atoms with E-state index in [1.165, 1.54) is 18.4 Å². The molecule has 5 heteroatoms. The van der Waals surface area contributed by atoms with Crippen molar-refractivity contribution in [3.63, 3.8) is 0 Å². The van der Waals surface area contributed by atoms with Gasteiger partial charge in [-0.15, -0.1) is 0 Å². The molecule has 0 amide bonds. The first-order valence-electron chi connectivity index (χ1n) is 11.8. The van der Waals surface area contributed by atoms with E-state index in [2.05, 4.69) is 17.9 Å². The number of piperidine rings is 1. The number of carbonyl (C=O) groups is 1. The third kappa shape index (κ3) is 2.92. The van der Waals surface area contributed by atoms with Gasteiger partial charge in [-0.05, 0) is 62.6 Å². The quantitative estimate of drug-likeness (QED) is 0.685. The van der Waals surface area contributed by atoms with E-state index < -0.39 is 11.0 Å². The molecular formula is C25H35NO4. The Hall–Kier alpha value is -1.59. The molecule has 0 aromatic heterocycles. The van der Waals surface area contributed by atoms with Gasteiger partial charge in [0.05, 0.1) is 12.2 Å². The molecule has 3 fully saturated rings. The Labute approximate surface area is 179 Å². The number of aromatic hydroxyl groups is 1. The number of methoxy groups -OCH3 is 1. The van der Waals surface area contributed by atoms with Crippen molar-refractivity contribution in [3.05, 3.63) is 23.3 Å². The topological polar surface area (TPSA) is 59.0 Å². The second-order valence-electron chi connectivity index (χ2n) is 9.95. The van der Waals surface area contributed by atoms with E-state index in [1.807, 2.05) is 7.11 Å². The highest BCUT2D eigenvalue weighted by Crippen LogP contribution is 2.62. The average molecular weight is 414 g/mol. The highest BCUT2D eigenvalue weighted by Gasteiger charge is 2.67. The third-order valence-electron chi connectivity index (χ3n) is 8.30. The number of ether oxygens (including phenoxy) is 2. The summed E-state index contributed by atoms with van der Waals surface area (Å²) in [5.74, 6) is 1.94. The van der Waals surface area contributed by atoms with E-state index in [4.69, 9.17) is 9.47 Å². The summed E-state index contributed by atoms with van der Waals surface area (Å²) >= 11 is 0. The average Bonchev–Trinajstić information content (AvgIpc) is 3.55. The lowest BCUT2D eigenvalue weighted by Gasteiger charge is -2.65. The van der Waals surface area contributed by atoms with E-state index in [-0.39, 0.29) is 11.8 Å². The molecule has 2 bridgehead atoms. The summed E-state index contributed by atoms with van der Waals surface area (Å²) < 4.78 is 12.7. The maximum atomic E-state index is 12.8. The number of likely N-dealkylation sites (tertiary alicyclic amines) is 1. The lowest BCUT2D eigenvalue weighted by molar-refractivity contribution is -0.188. The molecule has 5 rings (SSSR count). The van der Waals surface area contributed by atoms with Gasteiger partial charge in [0.2, 0.25) is 0 Å². The van der Waals surface area contributed by atoms with Crippen molar-refractivity contribution in [1.29, 1.82) is 0 Å². The standard InChI is InChI=1S/C25H35NO4/c1-3-4-13-30-23-20(28)8-7-18-14-21-25(29-2)10-9-19(27)15-24(25,22(18)23)11-12-26(21)16-17-5-6-17/h7-8,17,21,28H,3-6,9-16H2,1-2H3/t21-,24+,25+/m0/s1. The molecule has 30 heavy (non-hydrogen) atoms. The molecule has 4 aliphatic rings. The number of phenolic OH excluding ortho intramolecular Hbond substituents is 1. The van der Waals surface area contributed by atoms with Gasteiger partial charge < -0.3 is 14.6 Å². The van der Waals surface area contributed by atoms with Crippen LogP contribution in [0.5, 0.6) is 11.5 Å². The number of carbonyl (C=O) groups excluding carboxylic acids is 1. The Bertz CT molecular complexity index is 835. The molecule has 1 heterocycles. The minimum Gasteiger partial charge on any atom is -0.504 e. The van der Waals surface area contributed by atoms with Gasteiger partial charge in [0.1, 0.15) is 5.78 Å². The first-order chi connectivity index (χ1) is 14.5. The number of rotatable bonds is 7. The molecule has 1 aromatic carbocycles. The van der Waals surface area contributed by atoms with Gasteiger partial charge in [-0.2, -0.15) is 0 Å². The SMILES string of the molecule is CCCCOc1c(O)ccc2c1[C@]13CCN(CC4CC4)[C@@H](C2)[C@]1(OC)CCC(=O)C3. The number of ketones is 1. The van der Waals surface area contributed by atoms with Gasteiger partial charge in [0, 0.05) is 43.5 Å². The van der Waals surface area contributed by atoms with Crippen LogP contribution in [0.1, 0.15) is 69.4 Å². The Balaban J connectivity index is 1.65. The van der Waals surface area contributed by atoms with Crippen LogP contribution >= 0.6 is 0 Å². The molecule has 1 aromatic rings. The van der Waals surface area contributed by atoms with Gasteiger partial charge in [-0.25, -0.2) is 0 Å². The van der Waals surface area contributed by atoms with Gasteiger partial charge in [-0.3, -0.25) is 9.69 Å². The number of fused-ring (bicyclic) bond motifs is 1. The molecule has 0 radical (unpaired) electrons. The van der Waals surface area contributed by atoms with E-state index in [1.54, 1.807) is 6.07 Å². The normalized spacial score (nSPS) is 33.1. The number of Topliss-reactive ketones (excluding diaryl/α,β-unsaturated/α-hetero) is 1. The zero-order valence-corrected chi connectivity index (χ0v) is 18.4. The minimum absolute atomic E-state index is 0.195. The molecule has 5 nitrogen and oxygen atoms in total. The number of benzene rings is 1. The van der Waals surface area contributed by atoms with Crippen LogP contribution in [0.2, 0.25) is 0 Å². The largest absolute Gasteiger partial charge is 0.504 e. The summed E-state index contributed by atoms with van der Waals surface area (Å²) in [7, 11) is 1.84. The van der Waals surface area contributed by atoms with Crippen LogP contribution in [-0.4, -0.2) is 54.2 Å². The van der Waals surface area contributed by atoms with Crippen LogP contribution in [0.15, 0.2) is 12.1 Å². The number of nitrogens with zero attached hydrogens (tertiary/aromatic N) is 1.